The van der Waals surface area contributed by atoms with E-state index in [0.29, 0.717) is 34.7 Å². The fraction of sp³-hybridized carbons (Fsp3) is 0.417. The molecule has 98 valence electrons. The molecule has 0 atom stereocenters. The summed E-state index contributed by atoms with van der Waals surface area (Å²) < 4.78 is 11.1. The highest BCUT2D eigenvalue weighted by Crippen LogP contribution is 2.34. The minimum Gasteiger partial charge on any atom is -0.497 e. The molecule has 5 nitrogen and oxygen atoms in total. The van der Waals surface area contributed by atoms with Gasteiger partial charge in [-0.2, -0.15) is 0 Å². The third-order valence-electron chi connectivity index (χ3n) is 2.67. The van der Waals surface area contributed by atoms with Crippen LogP contribution in [0.4, 0.5) is 0 Å². The van der Waals surface area contributed by atoms with Crippen molar-refractivity contribution >= 4 is 21.8 Å². The number of carbonyl (C=O) groups excluding carboxylic acids is 1. The minimum atomic E-state index is -0.219. The van der Waals surface area contributed by atoms with Crippen LogP contribution in [0.15, 0.2) is 16.6 Å². The number of carbonyl (C=O) groups is 1. The summed E-state index contributed by atoms with van der Waals surface area (Å²) >= 11 is 3.36. The average molecular weight is 316 g/mol. The van der Waals surface area contributed by atoms with E-state index in [2.05, 4.69) is 15.9 Å². The number of ether oxygens (including phenoxy) is 2. The first-order chi connectivity index (χ1) is 8.67. The first-order valence-corrected chi connectivity index (χ1v) is 6.33. The van der Waals surface area contributed by atoms with Crippen LogP contribution in [0.3, 0.4) is 0 Å². The fourth-order valence-corrected chi connectivity index (χ4v) is 2.40. The Kier molecular flexibility index (Phi) is 4.08. The van der Waals surface area contributed by atoms with Gasteiger partial charge in [-0.15, -0.1) is 0 Å². The Bertz CT molecular complexity index is 458. The molecule has 0 N–H and O–H groups in total. The molecule has 0 aliphatic carbocycles. The van der Waals surface area contributed by atoms with Crippen molar-refractivity contribution in [1.29, 1.82) is 0 Å². The number of halogens is 1. The van der Waals surface area contributed by atoms with Gasteiger partial charge in [-0.25, -0.2) is 5.06 Å². The summed E-state index contributed by atoms with van der Waals surface area (Å²) in [6, 6.07) is 3.40. The van der Waals surface area contributed by atoms with E-state index >= 15 is 0 Å². The predicted molar refractivity (Wildman–Crippen MR) is 68.9 cm³/mol. The number of rotatable bonds is 3. The molecule has 0 spiro atoms. The number of benzene rings is 1. The van der Waals surface area contributed by atoms with Gasteiger partial charge in [-0.05, 0) is 34.5 Å². The van der Waals surface area contributed by atoms with Crippen LogP contribution in [0, 0.1) is 0 Å². The van der Waals surface area contributed by atoms with Gasteiger partial charge in [0.1, 0.15) is 11.5 Å². The highest BCUT2D eigenvalue weighted by molar-refractivity contribution is 9.10. The topological polar surface area (TPSA) is 48.0 Å². The lowest BCUT2D eigenvalue weighted by atomic mass is 10.1. The van der Waals surface area contributed by atoms with E-state index in [1.54, 1.807) is 19.2 Å². The van der Waals surface area contributed by atoms with Crippen molar-refractivity contribution < 1.29 is 19.1 Å². The molecule has 18 heavy (non-hydrogen) atoms. The molecule has 0 radical (unpaired) electrons. The number of hydrogen-bond donors (Lipinski definition) is 0. The zero-order valence-electron chi connectivity index (χ0n) is 10.2. The van der Waals surface area contributed by atoms with Crippen molar-refractivity contribution in [2.45, 2.75) is 6.42 Å². The van der Waals surface area contributed by atoms with Crippen molar-refractivity contribution in [2.24, 2.45) is 0 Å². The van der Waals surface area contributed by atoms with Gasteiger partial charge in [-0.1, -0.05) is 0 Å². The molecule has 6 heteroatoms. The molecule has 2 rings (SSSR count). The van der Waals surface area contributed by atoms with Gasteiger partial charge in [0.05, 0.1) is 37.4 Å². The standard InChI is InChI=1S/C12H14BrNO4/c1-16-8-6-9(11(17-2)10(13)7-8)12(15)14-4-3-5-18-14/h6-7H,3-5H2,1-2H3. The summed E-state index contributed by atoms with van der Waals surface area (Å²) in [4.78, 5) is 17.5. The minimum absolute atomic E-state index is 0.219. The second kappa shape index (κ2) is 5.58. The molecular weight excluding hydrogens is 302 g/mol. The zero-order chi connectivity index (χ0) is 13.1. The SMILES string of the molecule is COc1cc(Br)c(OC)c(C(=O)N2CCCO2)c1. The van der Waals surface area contributed by atoms with E-state index < -0.39 is 0 Å². The summed E-state index contributed by atoms with van der Waals surface area (Å²) in [6.45, 7) is 1.16. The molecule has 0 aromatic heterocycles. The molecule has 1 aliphatic rings. The Labute approximate surface area is 114 Å². The third kappa shape index (κ3) is 2.44. The predicted octanol–water partition coefficient (Wildman–Crippen LogP) is 2.24. The van der Waals surface area contributed by atoms with Gasteiger partial charge >= 0.3 is 0 Å². The van der Waals surface area contributed by atoms with Crippen molar-refractivity contribution in [3.05, 3.63) is 22.2 Å². The molecule has 1 aliphatic heterocycles. The van der Waals surface area contributed by atoms with E-state index in [9.17, 15) is 4.79 Å². The lowest BCUT2D eigenvalue weighted by Gasteiger charge is -2.17. The number of methoxy groups -OCH3 is 2. The van der Waals surface area contributed by atoms with E-state index in [1.807, 2.05) is 0 Å². The average Bonchev–Trinajstić information content (AvgIpc) is 2.90. The van der Waals surface area contributed by atoms with E-state index in [1.165, 1.54) is 12.2 Å². The van der Waals surface area contributed by atoms with E-state index in [-0.39, 0.29) is 5.91 Å². The fourth-order valence-electron chi connectivity index (χ4n) is 1.79. The van der Waals surface area contributed by atoms with Gasteiger partial charge in [0.25, 0.3) is 5.91 Å². The lowest BCUT2D eigenvalue weighted by molar-refractivity contribution is -0.0769. The highest BCUT2D eigenvalue weighted by atomic mass is 79.9. The van der Waals surface area contributed by atoms with Crippen LogP contribution in [0.2, 0.25) is 0 Å². The van der Waals surface area contributed by atoms with Crippen LogP contribution in [0.5, 0.6) is 11.5 Å². The van der Waals surface area contributed by atoms with Crippen molar-refractivity contribution in [3.63, 3.8) is 0 Å². The van der Waals surface area contributed by atoms with E-state index in [0.717, 1.165) is 6.42 Å². The maximum absolute atomic E-state index is 12.3. The van der Waals surface area contributed by atoms with E-state index in [4.69, 9.17) is 14.3 Å². The Morgan fingerprint density at radius 1 is 1.39 bits per heavy atom. The summed E-state index contributed by atoms with van der Waals surface area (Å²) in [5.74, 6) is 0.852. The lowest BCUT2D eigenvalue weighted by Crippen LogP contribution is -2.27. The first-order valence-electron chi connectivity index (χ1n) is 5.53. The monoisotopic (exact) mass is 315 g/mol. The molecule has 1 amide bonds. The molecule has 0 saturated carbocycles. The molecular formula is C12H14BrNO4. The van der Waals surface area contributed by atoms with Crippen LogP contribution in [0.25, 0.3) is 0 Å². The molecule has 0 bridgehead atoms. The van der Waals surface area contributed by atoms with Crippen molar-refractivity contribution in [3.8, 4) is 11.5 Å². The summed E-state index contributed by atoms with van der Waals surface area (Å²) in [5, 5.41) is 1.35. The Morgan fingerprint density at radius 3 is 2.72 bits per heavy atom. The molecule has 1 aromatic carbocycles. The maximum Gasteiger partial charge on any atom is 0.281 e. The van der Waals surface area contributed by atoms with Gasteiger partial charge in [-0.3, -0.25) is 9.63 Å². The second-order valence-corrected chi connectivity index (χ2v) is 4.64. The molecule has 1 fully saturated rings. The van der Waals surface area contributed by atoms with Crippen LogP contribution in [-0.4, -0.2) is 38.3 Å². The number of hydrogen-bond acceptors (Lipinski definition) is 4. The Balaban J connectivity index is 2.40. The summed E-state index contributed by atoms with van der Waals surface area (Å²) in [7, 11) is 3.07. The zero-order valence-corrected chi connectivity index (χ0v) is 11.8. The van der Waals surface area contributed by atoms with Gasteiger partial charge < -0.3 is 9.47 Å². The molecule has 1 aromatic rings. The normalized spacial score (nSPS) is 14.7. The largest absolute Gasteiger partial charge is 0.497 e. The van der Waals surface area contributed by atoms with Gasteiger partial charge in [0.15, 0.2) is 0 Å². The number of amides is 1. The third-order valence-corrected chi connectivity index (χ3v) is 3.26. The summed E-state index contributed by atoms with van der Waals surface area (Å²) in [6.07, 6.45) is 0.846. The van der Waals surface area contributed by atoms with Gasteiger partial charge in [0, 0.05) is 0 Å². The number of nitrogens with zero attached hydrogens (tertiary/aromatic N) is 1. The maximum atomic E-state index is 12.3. The second-order valence-electron chi connectivity index (χ2n) is 3.78. The molecule has 1 heterocycles. The first kappa shape index (κ1) is 13.2. The number of hydroxylamine groups is 2. The highest BCUT2D eigenvalue weighted by Gasteiger charge is 2.25. The van der Waals surface area contributed by atoms with Crippen LogP contribution in [0.1, 0.15) is 16.8 Å². The smallest absolute Gasteiger partial charge is 0.281 e. The van der Waals surface area contributed by atoms with Crippen molar-refractivity contribution in [2.75, 3.05) is 27.4 Å². The molecule has 0 unspecified atom stereocenters. The summed E-state index contributed by atoms with van der Waals surface area (Å²) in [5.41, 5.74) is 0.422. The quantitative estimate of drug-likeness (QED) is 0.858. The Hall–Kier alpha value is -1.27. The van der Waals surface area contributed by atoms with Crippen molar-refractivity contribution in [1.82, 2.24) is 5.06 Å². The van der Waals surface area contributed by atoms with Crippen LogP contribution in [-0.2, 0) is 4.84 Å². The van der Waals surface area contributed by atoms with Crippen LogP contribution < -0.4 is 9.47 Å². The molecule has 1 saturated heterocycles. The Morgan fingerprint density at radius 2 is 2.17 bits per heavy atom. The van der Waals surface area contributed by atoms with Gasteiger partial charge in [0.2, 0.25) is 0 Å². The van der Waals surface area contributed by atoms with Crippen LogP contribution >= 0.6 is 15.9 Å².